The number of non-ortho nitro benzene ring substituents is 1. The number of nitrogens with one attached hydrogen (secondary N) is 1. The summed E-state index contributed by atoms with van der Waals surface area (Å²) < 4.78 is 16.7. The third-order valence-corrected chi connectivity index (χ3v) is 6.78. The average Bonchev–Trinajstić information content (AvgIpc) is 3.43. The number of hydrogen-bond acceptors (Lipinski definition) is 9. The molecule has 10 heteroatoms. The van der Waals surface area contributed by atoms with Gasteiger partial charge < -0.3 is 19.2 Å². The van der Waals surface area contributed by atoms with Crippen LogP contribution in [0.2, 0.25) is 0 Å². The van der Waals surface area contributed by atoms with Gasteiger partial charge >= 0.3 is 11.9 Å². The molecule has 1 fully saturated rings. The van der Waals surface area contributed by atoms with E-state index in [0.29, 0.717) is 29.3 Å². The number of benzene rings is 1. The van der Waals surface area contributed by atoms with Crippen molar-refractivity contribution in [1.29, 1.82) is 0 Å². The first-order chi connectivity index (χ1) is 17.8. The zero-order valence-electron chi connectivity index (χ0n) is 21.2. The average molecular weight is 510 g/mol. The van der Waals surface area contributed by atoms with Crippen molar-refractivity contribution in [1.82, 2.24) is 10.2 Å². The van der Waals surface area contributed by atoms with Crippen LogP contribution in [-0.4, -0.2) is 48.5 Å². The second-order valence-electron chi connectivity index (χ2n) is 9.25. The number of likely N-dealkylation sites (tertiary alicyclic amines) is 1. The summed E-state index contributed by atoms with van der Waals surface area (Å²) in [6.45, 7) is 5.69. The fraction of sp³-hybridized carbons (Fsp3) is 0.407. The molecule has 0 aliphatic carbocycles. The van der Waals surface area contributed by atoms with Crippen molar-refractivity contribution in [3.05, 3.63) is 86.6 Å². The molecule has 0 radical (unpaired) electrons. The van der Waals surface area contributed by atoms with E-state index in [1.54, 1.807) is 32.0 Å². The molecule has 196 valence electrons. The molecular formula is C27H31N3O7. The number of nitrogens with zero attached hydrogens (tertiary/aromatic N) is 2. The van der Waals surface area contributed by atoms with E-state index in [0.717, 1.165) is 25.9 Å². The summed E-state index contributed by atoms with van der Waals surface area (Å²) in [4.78, 5) is 39.9. The van der Waals surface area contributed by atoms with Gasteiger partial charge in [0.2, 0.25) is 0 Å². The molecule has 1 saturated heterocycles. The van der Waals surface area contributed by atoms with Crippen molar-refractivity contribution < 1.29 is 28.4 Å². The van der Waals surface area contributed by atoms with E-state index in [1.165, 1.54) is 38.0 Å². The molecule has 2 aliphatic heterocycles. The predicted octanol–water partition coefficient (Wildman–Crippen LogP) is 4.37. The first-order valence-electron chi connectivity index (χ1n) is 12.3. The number of piperidine rings is 1. The van der Waals surface area contributed by atoms with Gasteiger partial charge in [0, 0.05) is 30.1 Å². The zero-order valence-corrected chi connectivity index (χ0v) is 21.2. The molecule has 1 aromatic heterocycles. The monoisotopic (exact) mass is 509 g/mol. The molecule has 3 heterocycles. The van der Waals surface area contributed by atoms with Crippen LogP contribution in [-0.2, 0) is 19.1 Å². The Hall–Kier alpha value is -3.92. The van der Waals surface area contributed by atoms with Gasteiger partial charge in [0.15, 0.2) is 6.10 Å². The van der Waals surface area contributed by atoms with Gasteiger partial charge in [-0.15, -0.1) is 0 Å². The lowest BCUT2D eigenvalue weighted by molar-refractivity contribution is -0.384. The number of ether oxygens (including phenoxy) is 2. The number of carbonyl (C=O) groups excluding carboxylic acids is 2. The number of nitro groups is 1. The van der Waals surface area contributed by atoms with E-state index >= 15 is 0 Å². The first-order valence-corrected chi connectivity index (χ1v) is 12.3. The fourth-order valence-corrected chi connectivity index (χ4v) is 5.03. The Morgan fingerprint density at radius 1 is 1.11 bits per heavy atom. The third-order valence-electron chi connectivity index (χ3n) is 6.78. The number of methoxy groups -OCH3 is 1. The molecule has 0 amide bonds. The standard InChI is InChI=1S/C27H31N3O7/c1-17-23(26(31)35-3)25(19-9-7-10-20(15-19)30(33)34)24(18(2)28-17)27(32)37-22(21-11-8-14-36-21)16-29-12-5-4-6-13-29/h7-11,14-15,22,25,28H,4-6,12-13,16H2,1-3H3. The molecule has 2 aromatic rings. The smallest absolute Gasteiger partial charge is 0.337 e. The minimum atomic E-state index is -0.923. The lowest BCUT2D eigenvalue weighted by atomic mass is 9.80. The second kappa shape index (κ2) is 11.4. The van der Waals surface area contributed by atoms with Gasteiger partial charge in [0.05, 0.1) is 35.4 Å². The van der Waals surface area contributed by atoms with E-state index in [-0.39, 0.29) is 16.8 Å². The lowest BCUT2D eigenvalue weighted by Crippen LogP contribution is -2.36. The van der Waals surface area contributed by atoms with Crippen molar-refractivity contribution >= 4 is 17.6 Å². The number of nitro benzene ring substituents is 1. The minimum Gasteiger partial charge on any atom is -0.466 e. The normalized spacial score (nSPS) is 19.3. The summed E-state index contributed by atoms with van der Waals surface area (Å²) in [6, 6.07) is 9.41. The highest BCUT2D eigenvalue weighted by molar-refractivity contribution is 6.00. The highest BCUT2D eigenvalue weighted by atomic mass is 16.6. The van der Waals surface area contributed by atoms with Crippen LogP contribution in [0.1, 0.15) is 56.5 Å². The van der Waals surface area contributed by atoms with E-state index in [2.05, 4.69) is 10.2 Å². The van der Waals surface area contributed by atoms with Gasteiger partial charge in [-0.25, -0.2) is 9.59 Å². The Balaban J connectivity index is 1.72. The van der Waals surface area contributed by atoms with Crippen LogP contribution in [0, 0.1) is 10.1 Å². The third kappa shape index (κ3) is 5.75. The molecule has 0 bridgehead atoms. The molecule has 2 unspecified atom stereocenters. The van der Waals surface area contributed by atoms with Gasteiger partial charge in [-0.05, 0) is 57.5 Å². The maximum absolute atomic E-state index is 13.8. The number of hydrogen-bond donors (Lipinski definition) is 1. The van der Waals surface area contributed by atoms with E-state index in [4.69, 9.17) is 13.9 Å². The maximum Gasteiger partial charge on any atom is 0.337 e. The van der Waals surface area contributed by atoms with Gasteiger partial charge in [0.25, 0.3) is 5.69 Å². The highest BCUT2D eigenvalue weighted by Crippen LogP contribution is 2.41. The van der Waals surface area contributed by atoms with Crippen molar-refractivity contribution in [2.45, 2.75) is 45.1 Å². The summed E-state index contributed by atoms with van der Waals surface area (Å²) >= 11 is 0. The van der Waals surface area contributed by atoms with Crippen LogP contribution in [0.15, 0.2) is 69.6 Å². The maximum atomic E-state index is 13.8. The highest BCUT2D eigenvalue weighted by Gasteiger charge is 2.39. The Kier molecular flexibility index (Phi) is 8.08. The van der Waals surface area contributed by atoms with Gasteiger partial charge in [-0.2, -0.15) is 0 Å². The summed E-state index contributed by atoms with van der Waals surface area (Å²) in [7, 11) is 1.25. The molecular weight excluding hydrogens is 478 g/mol. The molecule has 4 rings (SSSR count). The van der Waals surface area contributed by atoms with Gasteiger partial charge in [-0.1, -0.05) is 18.6 Å². The summed E-state index contributed by atoms with van der Waals surface area (Å²) in [5.74, 6) is -1.69. The van der Waals surface area contributed by atoms with Crippen molar-refractivity contribution in [3.63, 3.8) is 0 Å². The van der Waals surface area contributed by atoms with Crippen LogP contribution in [0.4, 0.5) is 5.69 Å². The topological polar surface area (TPSA) is 124 Å². The van der Waals surface area contributed by atoms with E-state index < -0.39 is 28.9 Å². The Labute approximate surface area is 215 Å². The van der Waals surface area contributed by atoms with Gasteiger partial charge in [-0.3, -0.25) is 15.0 Å². The summed E-state index contributed by atoms with van der Waals surface area (Å²) in [5.41, 5.74) is 1.61. The summed E-state index contributed by atoms with van der Waals surface area (Å²) in [5, 5.41) is 14.6. The van der Waals surface area contributed by atoms with Crippen molar-refractivity contribution in [2.75, 3.05) is 26.7 Å². The number of esters is 2. The van der Waals surface area contributed by atoms with Crippen LogP contribution >= 0.6 is 0 Å². The SMILES string of the molecule is COC(=O)C1=C(C)NC(C)=C(C(=O)OC(CN2CCCCC2)c2ccco2)C1c1cccc([N+](=O)[O-])c1. The molecule has 1 aromatic carbocycles. The molecule has 1 N–H and O–H groups in total. The van der Waals surface area contributed by atoms with Crippen LogP contribution in [0.5, 0.6) is 0 Å². The van der Waals surface area contributed by atoms with Crippen LogP contribution < -0.4 is 5.32 Å². The first kappa shape index (κ1) is 26.2. The second-order valence-corrected chi connectivity index (χ2v) is 9.25. The predicted molar refractivity (Wildman–Crippen MR) is 134 cm³/mol. The Morgan fingerprint density at radius 3 is 2.43 bits per heavy atom. The lowest BCUT2D eigenvalue weighted by Gasteiger charge is -2.32. The number of dihydropyridines is 1. The Bertz CT molecular complexity index is 1230. The zero-order chi connectivity index (χ0) is 26.5. The van der Waals surface area contributed by atoms with Crippen LogP contribution in [0.25, 0.3) is 0 Å². The molecule has 0 saturated carbocycles. The van der Waals surface area contributed by atoms with E-state index in [1.807, 2.05) is 0 Å². The number of carbonyl (C=O) groups is 2. The number of rotatable bonds is 8. The minimum absolute atomic E-state index is 0.151. The summed E-state index contributed by atoms with van der Waals surface area (Å²) in [6.07, 6.45) is 4.20. The van der Waals surface area contributed by atoms with Gasteiger partial charge in [0.1, 0.15) is 5.76 Å². The molecule has 0 spiro atoms. The Morgan fingerprint density at radius 2 is 1.81 bits per heavy atom. The number of furan rings is 1. The molecule has 10 nitrogen and oxygen atoms in total. The quantitative estimate of drug-likeness (QED) is 0.314. The van der Waals surface area contributed by atoms with Crippen molar-refractivity contribution in [3.8, 4) is 0 Å². The van der Waals surface area contributed by atoms with Crippen LogP contribution in [0.3, 0.4) is 0 Å². The number of allylic oxidation sites excluding steroid dienone is 2. The van der Waals surface area contributed by atoms with Crippen molar-refractivity contribution in [2.24, 2.45) is 0 Å². The molecule has 2 aliphatic rings. The largest absolute Gasteiger partial charge is 0.466 e. The van der Waals surface area contributed by atoms with E-state index in [9.17, 15) is 19.7 Å². The molecule has 2 atom stereocenters. The molecule has 37 heavy (non-hydrogen) atoms. The fourth-order valence-electron chi connectivity index (χ4n) is 5.03.